The van der Waals surface area contributed by atoms with E-state index in [1.165, 1.54) is 32.1 Å². The van der Waals surface area contributed by atoms with E-state index in [0.29, 0.717) is 0 Å². The Balaban J connectivity index is 1.70. The van der Waals surface area contributed by atoms with Crippen molar-refractivity contribution in [1.82, 2.24) is 0 Å². The van der Waals surface area contributed by atoms with Crippen LogP contribution in [-0.4, -0.2) is 6.29 Å². The quantitative estimate of drug-likeness (QED) is 0.391. The molecule has 3 aliphatic rings. The summed E-state index contributed by atoms with van der Waals surface area (Å²) in [5.41, 5.74) is 1.71. The summed E-state index contributed by atoms with van der Waals surface area (Å²) in [7, 11) is 0. The topological polar surface area (TPSA) is 17.1 Å². The maximum atomic E-state index is 10.3. The number of carbonyl (C=O) groups is 1. The number of fused-ring (bicyclic) bond motifs is 5. The molecule has 2 unspecified atom stereocenters. The number of rotatable bonds is 3. The maximum absolute atomic E-state index is 10.3. The molecule has 0 aromatic heterocycles. The summed E-state index contributed by atoms with van der Waals surface area (Å²) in [5.74, 6) is 4.06. The van der Waals surface area contributed by atoms with Gasteiger partial charge < -0.3 is 4.79 Å². The lowest BCUT2D eigenvalue weighted by Gasteiger charge is -2.26. The molecule has 4 atom stereocenters. The van der Waals surface area contributed by atoms with Gasteiger partial charge in [0.05, 0.1) is 0 Å². The zero-order chi connectivity index (χ0) is 10.3. The fourth-order valence-electron chi connectivity index (χ4n) is 4.46. The van der Waals surface area contributed by atoms with Gasteiger partial charge in [0.15, 0.2) is 0 Å². The highest BCUT2D eigenvalue weighted by Gasteiger charge is 2.51. The molecule has 0 heterocycles. The Morgan fingerprint density at radius 1 is 1.20 bits per heavy atom. The zero-order valence-electron chi connectivity index (χ0n) is 9.32. The van der Waals surface area contributed by atoms with Gasteiger partial charge in [-0.3, -0.25) is 0 Å². The van der Waals surface area contributed by atoms with Crippen LogP contribution in [-0.2, 0) is 4.79 Å². The van der Waals surface area contributed by atoms with Crippen molar-refractivity contribution in [3.05, 3.63) is 11.6 Å². The summed E-state index contributed by atoms with van der Waals surface area (Å²) in [4.78, 5) is 10.3. The van der Waals surface area contributed by atoms with Gasteiger partial charge in [0.25, 0.3) is 0 Å². The summed E-state index contributed by atoms with van der Waals surface area (Å²) < 4.78 is 0. The van der Waals surface area contributed by atoms with E-state index in [1.54, 1.807) is 5.57 Å². The molecule has 15 heavy (non-hydrogen) atoms. The average molecular weight is 204 g/mol. The number of aldehydes is 1. The highest BCUT2D eigenvalue weighted by atomic mass is 16.1. The third-order valence-corrected chi connectivity index (χ3v) is 4.97. The first-order valence-electron chi connectivity index (χ1n) is 6.52. The number of unbranched alkanes of at least 4 members (excludes halogenated alkanes) is 1. The minimum absolute atomic E-state index is 0.717. The molecule has 0 saturated heterocycles. The van der Waals surface area contributed by atoms with Crippen LogP contribution in [0.4, 0.5) is 0 Å². The van der Waals surface area contributed by atoms with Crippen LogP contribution in [0.1, 0.15) is 44.9 Å². The Bertz CT molecular complexity index is 292. The first kappa shape index (κ1) is 9.62. The van der Waals surface area contributed by atoms with Crippen LogP contribution < -0.4 is 0 Å². The van der Waals surface area contributed by atoms with E-state index < -0.39 is 0 Å². The minimum Gasteiger partial charge on any atom is -0.303 e. The lowest BCUT2D eigenvalue weighted by atomic mass is 9.79. The van der Waals surface area contributed by atoms with Crippen LogP contribution >= 0.6 is 0 Å². The first-order chi connectivity index (χ1) is 7.40. The van der Waals surface area contributed by atoms with Gasteiger partial charge in [-0.2, -0.15) is 0 Å². The Hall–Kier alpha value is -0.590. The largest absolute Gasteiger partial charge is 0.303 e. The van der Waals surface area contributed by atoms with Crippen molar-refractivity contribution in [2.75, 3.05) is 0 Å². The van der Waals surface area contributed by atoms with Crippen molar-refractivity contribution in [3.63, 3.8) is 0 Å². The SMILES string of the molecule is O=CCC/C=C1\CC2CC1[C@H]1CCC[C@@H]21. The van der Waals surface area contributed by atoms with Crippen LogP contribution in [0.2, 0.25) is 0 Å². The van der Waals surface area contributed by atoms with Crippen molar-refractivity contribution in [1.29, 1.82) is 0 Å². The molecule has 1 heteroatoms. The smallest absolute Gasteiger partial charge is 0.120 e. The summed E-state index contributed by atoms with van der Waals surface area (Å²) in [6.45, 7) is 0. The van der Waals surface area contributed by atoms with Gasteiger partial charge in [0.2, 0.25) is 0 Å². The summed E-state index contributed by atoms with van der Waals surface area (Å²) in [6.07, 6.45) is 12.4. The molecule has 3 aliphatic carbocycles. The third-order valence-electron chi connectivity index (χ3n) is 4.97. The van der Waals surface area contributed by atoms with Crippen LogP contribution in [0.15, 0.2) is 11.6 Å². The van der Waals surface area contributed by atoms with Crippen molar-refractivity contribution < 1.29 is 4.79 Å². The predicted molar refractivity (Wildman–Crippen MR) is 60.4 cm³/mol. The number of carbonyl (C=O) groups excluding carboxylic acids is 1. The van der Waals surface area contributed by atoms with E-state index in [2.05, 4.69) is 6.08 Å². The Morgan fingerprint density at radius 3 is 2.93 bits per heavy atom. The molecule has 3 fully saturated rings. The van der Waals surface area contributed by atoms with Crippen molar-refractivity contribution in [2.24, 2.45) is 23.7 Å². The molecule has 0 aromatic carbocycles. The van der Waals surface area contributed by atoms with Crippen LogP contribution in [0.25, 0.3) is 0 Å². The van der Waals surface area contributed by atoms with Gasteiger partial charge in [-0.25, -0.2) is 0 Å². The highest BCUT2D eigenvalue weighted by Crippen LogP contribution is 2.60. The van der Waals surface area contributed by atoms with E-state index in [9.17, 15) is 4.79 Å². The first-order valence-corrected chi connectivity index (χ1v) is 6.52. The standard InChI is InChI=1S/C14H20O/c15-7-2-1-4-10-8-11-9-14(10)13-6-3-5-12(11)13/h4,7,11-14H,1-3,5-6,8-9H2/b10-4+/t11?,12-,13-,14?/m0/s1. The summed E-state index contributed by atoms with van der Waals surface area (Å²) in [5, 5.41) is 0. The van der Waals surface area contributed by atoms with E-state index in [4.69, 9.17) is 0 Å². The van der Waals surface area contributed by atoms with Gasteiger partial charge in [0, 0.05) is 6.42 Å². The molecule has 0 aliphatic heterocycles. The average Bonchev–Trinajstić information content (AvgIpc) is 2.89. The summed E-state index contributed by atoms with van der Waals surface area (Å²) in [6, 6.07) is 0. The molecule has 0 aromatic rings. The van der Waals surface area contributed by atoms with Gasteiger partial charge in [-0.1, -0.05) is 18.1 Å². The maximum Gasteiger partial charge on any atom is 0.120 e. The van der Waals surface area contributed by atoms with E-state index >= 15 is 0 Å². The van der Waals surface area contributed by atoms with Gasteiger partial charge >= 0.3 is 0 Å². The van der Waals surface area contributed by atoms with Crippen LogP contribution in [0, 0.1) is 23.7 Å². The van der Waals surface area contributed by atoms with E-state index in [-0.39, 0.29) is 0 Å². The zero-order valence-corrected chi connectivity index (χ0v) is 9.32. The van der Waals surface area contributed by atoms with Gasteiger partial charge in [-0.15, -0.1) is 0 Å². The highest BCUT2D eigenvalue weighted by molar-refractivity contribution is 5.49. The molecule has 2 bridgehead atoms. The monoisotopic (exact) mass is 204 g/mol. The number of allylic oxidation sites excluding steroid dienone is 2. The third kappa shape index (κ3) is 1.47. The van der Waals surface area contributed by atoms with E-state index in [0.717, 1.165) is 42.8 Å². The minimum atomic E-state index is 0.717. The molecule has 82 valence electrons. The van der Waals surface area contributed by atoms with E-state index in [1.807, 2.05) is 0 Å². The molecule has 1 nitrogen and oxygen atoms in total. The normalized spacial score (nSPS) is 44.9. The number of hydrogen-bond donors (Lipinski definition) is 0. The molecule has 0 amide bonds. The molecule has 3 rings (SSSR count). The predicted octanol–water partition coefficient (Wildman–Crippen LogP) is 3.35. The Kier molecular flexibility index (Phi) is 2.42. The molecule has 0 N–H and O–H groups in total. The fourth-order valence-corrected chi connectivity index (χ4v) is 4.46. The van der Waals surface area contributed by atoms with Gasteiger partial charge in [0.1, 0.15) is 6.29 Å². The van der Waals surface area contributed by atoms with Crippen molar-refractivity contribution >= 4 is 6.29 Å². The Morgan fingerprint density at radius 2 is 2.07 bits per heavy atom. The van der Waals surface area contributed by atoms with Crippen LogP contribution in [0.5, 0.6) is 0 Å². The van der Waals surface area contributed by atoms with Crippen LogP contribution in [0.3, 0.4) is 0 Å². The van der Waals surface area contributed by atoms with Gasteiger partial charge in [-0.05, 0) is 55.8 Å². The second-order valence-corrected chi connectivity index (χ2v) is 5.59. The Labute approximate surface area is 91.9 Å². The lowest BCUT2D eigenvalue weighted by molar-refractivity contribution is -0.107. The molecule has 3 saturated carbocycles. The molecular weight excluding hydrogens is 184 g/mol. The second-order valence-electron chi connectivity index (χ2n) is 5.59. The fraction of sp³-hybridized carbons (Fsp3) is 0.786. The number of hydrogen-bond acceptors (Lipinski definition) is 1. The summed E-state index contributed by atoms with van der Waals surface area (Å²) >= 11 is 0. The molecular formula is C14H20O. The lowest BCUT2D eigenvalue weighted by Crippen LogP contribution is -2.18. The molecule has 0 radical (unpaired) electrons. The van der Waals surface area contributed by atoms with Crippen molar-refractivity contribution in [2.45, 2.75) is 44.9 Å². The molecule has 0 spiro atoms. The van der Waals surface area contributed by atoms with Crippen molar-refractivity contribution in [3.8, 4) is 0 Å². The second kappa shape index (κ2) is 3.77.